The third-order valence-electron chi connectivity index (χ3n) is 12.7. The maximum absolute atomic E-state index is 6.91. The van der Waals surface area contributed by atoms with Crippen LogP contribution in [0.2, 0.25) is 0 Å². The van der Waals surface area contributed by atoms with Crippen LogP contribution in [-0.4, -0.2) is 0 Å². The average molecular weight is 778 g/mol. The van der Waals surface area contributed by atoms with Crippen LogP contribution < -0.4 is 4.90 Å². The quantitative estimate of drug-likeness (QED) is 0.160. The minimum Gasteiger partial charge on any atom is -0.455 e. The van der Waals surface area contributed by atoms with Gasteiger partial charge in [0.1, 0.15) is 11.2 Å². The second-order valence-electron chi connectivity index (χ2n) is 16.0. The molecule has 1 aliphatic carbocycles. The lowest BCUT2D eigenvalue weighted by Crippen LogP contribution is -2.28. The smallest absolute Gasteiger partial charge is 0.143 e. The van der Waals surface area contributed by atoms with Gasteiger partial charge in [0.05, 0.1) is 5.41 Å². The van der Waals surface area contributed by atoms with Crippen LogP contribution in [0.4, 0.5) is 17.1 Å². The van der Waals surface area contributed by atoms with Gasteiger partial charge in [-0.05, 0) is 109 Å². The molecule has 0 radical (unpaired) electrons. The summed E-state index contributed by atoms with van der Waals surface area (Å²) in [6, 6.07) is 85.9. The molecule has 0 saturated heterocycles. The molecule has 286 valence electrons. The summed E-state index contributed by atoms with van der Waals surface area (Å²) in [6.07, 6.45) is 0. The fraction of sp³-hybridized carbons (Fsp3) is 0.0169. The van der Waals surface area contributed by atoms with Crippen molar-refractivity contribution in [1.82, 2.24) is 0 Å². The van der Waals surface area contributed by atoms with E-state index in [4.69, 9.17) is 4.42 Å². The van der Waals surface area contributed by atoms with Gasteiger partial charge >= 0.3 is 0 Å². The molecule has 12 rings (SSSR count). The lowest BCUT2D eigenvalue weighted by atomic mass is 9.67. The number of hydrogen-bond donors (Lipinski definition) is 0. The predicted molar refractivity (Wildman–Crippen MR) is 254 cm³/mol. The van der Waals surface area contributed by atoms with Crippen LogP contribution in [0.1, 0.15) is 22.3 Å². The van der Waals surface area contributed by atoms with Crippen LogP contribution in [0.5, 0.6) is 0 Å². The minimum absolute atomic E-state index is 0.567. The highest BCUT2D eigenvalue weighted by Crippen LogP contribution is 2.59. The number of hydrogen-bond acceptors (Lipinski definition) is 2. The molecule has 0 atom stereocenters. The number of benzene rings is 10. The lowest BCUT2D eigenvalue weighted by Gasteiger charge is -2.34. The molecule has 0 unspecified atom stereocenters. The highest BCUT2D eigenvalue weighted by molar-refractivity contribution is 6.12. The summed E-state index contributed by atoms with van der Waals surface area (Å²) >= 11 is 0. The fourth-order valence-electron chi connectivity index (χ4n) is 9.96. The zero-order valence-electron chi connectivity index (χ0n) is 33.4. The Morgan fingerprint density at radius 1 is 0.344 bits per heavy atom. The number of nitrogens with zero attached hydrogens (tertiary/aromatic N) is 1. The summed E-state index contributed by atoms with van der Waals surface area (Å²) in [4.78, 5) is 2.40. The van der Waals surface area contributed by atoms with E-state index in [-0.39, 0.29) is 0 Å². The third-order valence-corrected chi connectivity index (χ3v) is 12.7. The van der Waals surface area contributed by atoms with Crippen molar-refractivity contribution < 1.29 is 4.42 Å². The van der Waals surface area contributed by atoms with Crippen molar-refractivity contribution in [3.63, 3.8) is 0 Å². The number of para-hydroxylation sites is 1. The molecule has 0 amide bonds. The van der Waals surface area contributed by atoms with E-state index in [0.717, 1.165) is 44.6 Å². The van der Waals surface area contributed by atoms with Crippen molar-refractivity contribution in [2.45, 2.75) is 5.41 Å². The van der Waals surface area contributed by atoms with Crippen molar-refractivity contribution in [3.05, 3.63) is 259 Å². The van der Waals surface area contributed by atoms with Gasteiger partial charge in [0, 0.05) is 33.4 Å². The maximum atomic E-state index is 6.91. The average Bonchev–Trinajstić information content (AvgIpc) is 3.86. The van der Waals surface area contributed by atoms with Crippen LogP contribution in [0.15, 0.2) is 241 Å². The second-order valence-corrected chi connectivity index (χ2v) is 16.0. The summed E-state index contributed by atoms with van der Waals surface area (Å²) in [5.41, 5.74) is 16.5. The summed E-state index contributed by atoms with van der Waals surface area (Å²) in [7, 11) is 0. The first kappa shape index (κ1) is 35.0. The van der Waals surface area contributed by atoms with E-state index < -0.39 is 5.41 Å². The Morgan fingerprint density at radius 2 is 0.902 bits per heavy atom. The summed E-state index contributed by atoms with van der Waals surface area (Å²) in [5.74, 6) is 0. The zero-order valence-corrected chi connectivity index (χ0v) is 33.4. The van der Waals surface area contributed by atoms with E-state index in [1.54, 1.807) is 0 Å². The van der Waals surface area contributed by atoms with Gasteiger partial charge in [0.15, 0.2) is 0 Å². The van der Waals surface area contributed by atoms with Crippen LogP contribution in [0, 0.1) is 0 Å². The third kappa shape index (κ3) is 5.57. The first-order valence-electron chi connectivity index (χ1n) is 21.0. The van der Waals surface area contributed by atoms with Crippen molar-refractivity contribution in [2.75, 3.05) is 4.90 Å². The van der Waals surface area contributed by atoms with Gasteiger partial charge in [-0.1, -0.05) is 188 Å². The van der Waals surface area contributed by atoms with Gasteiger partial charge in [-0.2, -0.15) is 0 Å². The first-order valence-corrected chi connectivity index (χ1v) is 21.0. The molecule has 1 heterocycles. The Bertz CT molecular complexity index is 3360. The summed E-state index contributed by atoms with van der Waals surface area (Å²) < 4.78 is 6.91. The standard InChI is InChI=1S/C59H39NO/c1-4-15-40(16-5-1)43-19-14-20-44(37-43)42-27-30-48(31-28-42)60(49-32-29-41-17-10-11-18-45(41)38-49)50-33-35-54-53(39-50)57-55(36-34-52-51-25-12-13-26-56(51)61-58(52)57)59(54,46-21-6-2-7-22-46)47-23-8-3-9-24-47/h1-39H. The van der Waals surface area contributed by atoms with Gasteiger partial charge in [-0.15, -0.1) is 0 Å². The topological polar surface area (TPSA) is 16.4 Å². The highest BCUT2D eigenvalue weighted by Gasteiger charge is 2.47. The van der Waals surface area contributed by atoms with Gasteiger partial charge in [-0.25, -0.2) is 0 Å². The first-order chi connectivity index (χ1) is 30.2. The molecule has 2 heteroatoms. The molecule has 0 saturated carbocycles. The second kappa shape index (κ2) is 14.1. The van der Waals surface area contributed by atoms with E-state index in [1.165, 1.54) is 60.8 Å². The molecule has 0 bridgehead atoms. The molecule has 2 nitrogen and oxygen atoms in total. The van der Waals surface area contributed by atoms with Crippen molar-refractivity contribution >= 4 is 49.8 Å². The number of furan rings is 1. The fourth-order valence-corrected chi connectivity index (χ4v) is 9.96. The van der Waals surface area contributed by atoms with Gasteiger partial charge in [0.2, 0.25) is 0 Å². The monoisotopic (exact) mass is 777 g/mol. The van der Waals surface area contributed by atoms with E-state index in [9.17, 15) is 0 Å². The summed E-state index contributed by atoms with van der Waals surface area (Å²) in [5, 5.41) is 4.66. The SMILES string of the molecule is c1ccc(-c2cccc(-c3ccc(N(c4ccc5c(c4)-c4c(ccc6c4oc4ccccc46)C5(c4ccccc4)c4ccccc4)c4ccc5ccccc5c4)cc3)c2)cc1. The van der Waals surface area contributed by atoms with Crippen molar-refractivity contribution in [3.8, 4) is 33.4 Å². The number of rotatable bonds is 7. The lowest BCUT2D eigenvalue weighted by molar-refractivity contribution is 0.669. The molecule has 11 aromatic rings. The van der Waals surface area contributed by atoms with E-state index in [1.807, 2.05) is 0 Å². The molecule has 0 spiro atoms. The van der Waals surface area contributed by atoms with Gasteiger partial charge in [-0.3, -0.25) is 0 Å². The molecule has 0 fully saturated rings. The number of fused-ring (bicyclic) bond motifs is 8. The molecule has 1 aliphatic rings. The van der Waals surface area contributed by atoms with Crippen LogP contribution in [0.25, 0.3) is 66.1 Å². The Labute approximate surface area is 355 Å². The molecule has 0 aliphatic heterocycles. The largest absolute Gasteiger partial charge is 0.455 e. The van der Waals surface area contributed by atoms with Crippen molar-refractivity contribution in [1.29, 1.82) is 0 Å². The van der Waals surface area contributed by atoms with Crippen LogP contribution in [-0.2, 0) is 5.41 Å². The normalized spacial score (nSPS) is 12.7. The number of anilines is 3. The molecule has 61 heavy (non-hydrogen) atoms. The highest BCUT2D eigenvalue weighted by atomic mass is 16.3. The Morgan fingerprint density at radius 3 is 1.64 bits per heavy atom. The van der Waals surface area contributed by atoms with Gasteiger partial charge in [0.25, 0.3) is 0 Å². The molecule has 1 aromatic heterocycles. The van der Waals surface area contributed by atoms with Crippen LogP contribution >= 0.6 is 0 Å². The van der Waals surface area contributed by atoms with Crippen LogP contribution in [0.3, 0.4) is 0 Å². The van der Waals surface area contributed by atoms with E-state index in [2.05, 4.69) is 241 Å². The molecular weight excluding hydrogens is 739 g/mol. The minimum atomic E-state index is -0.567. The Hall–Kier alpha value is -7.94. The Kier molecular flexibility index (Phi) is 8.11. The van der Waals surface area contributed by atoms with Crippen molar-refractivity contribution in [2.24, 2.45) is 0 Å². The molecule has 0 N–H and O–H groups in total. The molecular formula is C59H39NO. The Balaban J connectivity index is 1.09. The zero-order chi connectivity index (χ0) is 40.3. The predicted octanol–water partition coefficient (Wildman–Crippen LogP) is 15.9. The van der Waals surface area contributed by atoms with E-state index in [0.29, 0.717) is 0 Å². The van der Waals surface area contributed by atoms with Gasteiger partial charge < -0.3 is 9.32 Å². The maximum Gasteiger partial charge on any atom is 0.143 e. The van der Waals surface area contributed by atoms with E-state index >= 15 is 0 Å². The molecule has 10 aromatic carbocycles. The summed E-state index contributed by atoms with van der Waals surface area (Å²) in [6.45, 7) is 0.